The van der Waals surface area contributed by atoms with E-state index >= 15 is 0 Å². The molecular formula is C83H150O17P2. The number of ether oxygens (including phenoxy) is 4. The molecule has 3 N–H and O–H groups in total. The van der Waals surface area contributed by atoms with E-state index in [-0.39, 0.29) is 25.7 Å². The second-order valence-electron chi connectivity index (χ2n) is 27.7. The lowest BCUT2D eigenvalue weighted by Gasteiger charge is -2.21. The third kappa shape index (κ3) is 74.8. The number of aliphatic hydroxyl groups is 1. The fourth-order valence-corrected chi connectivity index (χ4v) is 12.9. The number of aliphatic hydroxyl groups excluding tert-OH is 1. The highest BCUT2D eigenvalue weighted by molar-refractivity contribution is 7.47. The second kappa shape index (κ2) is 75.7. The van der Waals surface area contributed by atoms with Crippen LogP contribution in [0.5, 0.6) is 0 Å². The lowest BCUT2D eigenvalue weighted by atomic mass is 10.0. The molecule has 0 aliphatic rings. The molecule has 0 saturated heterocycles. The average molecular weight is 1480 g/mol. The Morgan fingerprint density at radius 3 is 0.794 bits per heavy atom. The normalized spacial score (nSPS) is 14.2. The Kier molecular flexibility index (Phi) is 73.1. The Labute approximate surface area is 622 Å². The van der Waals surface area contributed by atoms with Crippen molar-refractivity contribution in [2.75, 3.05) is 39.6 Å². The molecule has 0 fully saturated rings. The molecule has 0 bridgehead atoms. The first kappa shape index (κ1) is 98.5. The minimum Gasteiger partial charge on any atom is -0.462 e. The molecule has 17 nitrogen and oxygen atoms in total. The Morgan fingerprint density at radius 1 is 0.275 bits per heavy atom. The summed E-state index contributed by atoms with van der Waals surface area (Å²) in [7, 11) is -9.96. The van der Waals surface area contributed by atoms with Gasteiger partial charge in [-0.2, -0.15) is 0 Å². The summed E-state index contributed by atoms with van der Waals surface area (Å²) in [5, 5.41) is 10.6. The zero-order valence-corrected chi connectivity index (χ0v) is 66.8. The summed E-state index contributed by atoms with van der Waals surface area (Å²) < 4.78 is 68.6. The van der Waals surface area contributed by atoms with Gasteiger partial charge in [0.2, 0.25) is 0 Å². The number of allylic oxidation sites excluding steroid dienone is 12. The Bertz CT molecular complexity index is 2210. The molecular weight excluding hydrogens is 1330 g/mol. The van der Waals surface area contributed by atoms with Crippen LogP contribution in [0.3, 0.4) is 0 Å². The predicted molar refractivity (Wildman–Crippen MR) is 418 cm³/mol. The monoisotopic (exact) mass is 1480 g/mol. The molecule has 594 valence electrons. The van der Waals surface area contributed by atoms with Crippen molar-refractivity contribution in [3.8, 4) is 0 Å². The minimum atomic E-state index is -4.99. The molecule has 5 atom stereocenters. The van der Waals surface area contributed by atoms with Gasteiger partial charge in [-0.3, -0.25) is 37.3 Å². The van der Waals surface area contributed by atoms with Gasteiger partial charge in [-0.05, 0) is 96.3 Å². The first-order chi connectivity index (χ1) is 49.7. The number of hydrogen-bond acceptors (Lipinski definition) is 15. The first-order valence-electron chi connectivity index (χ1n) is 41.2. The molecule has 0 aliphatic heterocycles. The van der Waals surface area contributed by atoms with Crippen LogP contribution in [-0.2, 0) is 65.4 Å². The Hall–Kier alpha value is -3.50. The highest BCUT2D eigenvalue weighted by atomic mass is 31.2. The molecule has 0 aliphatic carbocycles. The summed E-state index contributed by atoms with van der Waals surface area (Å²) in [6, 6.07) is 0. The highest BCUT2D eigenvalue weighted by Crippen LogP contribution is 2.45. The van der Waals surface area contributed by atoms with Crippen LogP contribution in [0, 0.1) is 0 Å². The lowest BCUT2D eigenvalue weighted by Crippen LogP contribution is -2.30. The highest BCUT2D eigenvalue weighted by Gasteiger charge is 2.30. The summed E-state index contributed by atoms with van der Waals surface area (Å²) in [6.07, 6.45) is 77.3. The zero-order valence-electron chi connectivity index (χ0n) is 65.0. The Morgan fingerprint density at radius 2 is 0.490 bits per heavy atom. The molecule has 0 aromatic rings. The number of unbranched alkanes of at least 4 members (excludes halogenated alkanes) is 40. The van der Waals surface area contributed by atoms with Crippen LogP contribution in [0.25, 0.3) is 0 Å². The number of carbonyl (C=O) groups excluding carboxylic acids is 4. The van der Waals surface area contributed by atoms with Crippen LogP contribution in [0.2, 0.25) is 0 Å². The minimum absolute atomic E-state index is 0.0232. The van der Waals surface area contributed by atoms with Crippen molar-refractivity contribution in [1.29, 1.82) is 0 Å². The molecule has 102 heavy (non-hydrogen) atoms. The molecule has 19 heteroatoms. The van der Waals surface area contributed by atoms with Crippen molar-refractivity contribution in [3.63, 3.8) is 0 Å². The van der Waals surface area contributed by atoms with Gasteiger partial charge < -0.3 is 33.8 Å². The molecule has 0 rings (SSSR count). The van der Waals surface area contributed by atoms with Crippen LogP contribution >= 0.6 is 15.6 Å². The maximum absolute atomic E-state index is 13.1. The van der Waals surface area contributed by atoms with Crippen LogP contribution in [0.4, 0.5) is 0 Å². The molecule has 2 unspecified atom stereocenters. The quantitative estimate of drug-likeness (QED) is 0.0169. The number of rotatable bonds is 78. The van der Waals surface area contributed by atoms with E-state index in [1.165, 1.54) is 173 Å². The van der Waals surface area contributed by atoms with E-state index in [2.05, 4.69) is 88.5 Å². The molecule has 0 radical (unpaired) electrons. The molecule has 0 aromatic heterocycles. The first-order valence-corrected chi connectivity index (χ1v) is 44.2. The molecule has 0 aromatic carbocycles. The fraction of sp³-hybridized carbons (Fsp3) is 0.807. The maximum atomic E-state index is 13.1. The van der Waals surface area contributed by atoms with Crippen molar-refractivity contribution in [1.82, 2.24) is 0 Å². The van der Waals surface area contributed by atoms with E-state index in [9.17, 15) is 43.2 Å². The second-order valence-corrected chi connectivity index (χ2v) is 30.6. The summed E-state index contributed by atoms with van der Waals surface area (Å²) in [4.78, 5) is 73.0. The van der Waals surface area contributed by atoms with Gasteiger partial charge in [0.05, 0.1) is 26.4 Å². The third-order valence-electron chi connectivity index (χ3n) is 17.7. The number of esters is 4. The number of phosphoric acid groups is 2. The van der Waals surface area contributed by atoms with Gasteiger partial charge in [-0.25, -0.2) is 9.13 Å². The Balaban J connectivity index is 5.38. The molecule has 0 saturated carbocycles. The lowest BCUT2D eigenvalue weighted by molar-refractivity contribution is -0.161. The van der Waals surface area contributed by atoms with E-state index in [4.69, 9.17) is 37.0 Å². The topological polar surface area (TPSA) is 237 Å². The van der Waals surface area contributed by atoms with Crippen molar-refractivity contribution in [2.45, 2.75) is 393 Å². The molecule has 0 amide bonds. The van der Waals surface area contributed by atoms with Crippen molar-refractivity contribution >= 4 is 39.5 Å². The van der Waals surface area contributed by atoms with E-state index in [1.807, 2.05) is 12.2 Å². The van der Waals surface area contributed by atoms with Crippen molar-refractivity contribution in [2.24, 2.45) is 0 Å². The SMILES string of the molecule is CCCCC/C=C\C/C=C\C/C=C\C/C=C\CCCC(=O)O[C@H](COC(=O)CCCCCCCCCCCCCCC)COP(=O)(O)OC[C@H](O)COP(=O)(O)OC[C@@H](COC(=O)CCCCCCC/C=C\C/C=C\CCCCC)OC(=O)CCCCCCCCCCCCCCCCCCC. The van der Waals surface area contributed by atoms with Gasteiger partial charge in [-0.1, -0.05) is 325 Å². The fourth-order valence-electron chi connectivity index (χ4n) is 11.4. The summed E-state index contributed by atoms with van der Waals surface area (Å²) in [5.41, 5.74) is 0. The van der Waals surface area contributed by atoms with Gasteiger partial charge in [0.1, 0.15) is 19.3 Å². The van der Waals surface area contributed by atoms with Crippen LogP contribution < -0.4 is 0 Å². The largest absolute Gasteiger partial charge is 0.472 e. The van der Waals surface area contributed by atoms with Crippen LogP contribution in [0.15, 0.2) is 72.9 Å². The molecule has 0 spiro atoms. The third-order valence-corrected chi connectivity index (χ3v) is 19.6. The van der Waals surface area contributed by atoms with Gasteiger partial charge in [0, 0.05) is 25.7 Å². The van der Waals surface area contributed by atoms with Gasteiger partial charge in [0.15, 0.2) is 12.2 Å². The maximum Gasteiger partial charge on any atom is 0.472 e. The summed E-state index contributed by atoms with van der Waals surface area (Å²) in [5.74, 6) is -2.22. The number of carbonyl (C=O) groups is 4. The van der Waals surface area contributed by atoms with E-state index in [1.54, 1.807) is 0 Å². The van der Waals surface area contributed by atoms with Gasteiger partial charge in [0.25, 0.3) is 0 Å². The van der Waals surface area contributed by atoms with Gasteiger partial charge >= 0.3 is 39.5 Å². The van der Waals surface area contributed by atoms with Crippen LogP contribution in [0.1, 0.15) is 374 Å². The summed E-state index contributed by atoms with van der Waals surface area (Å²) >= 11 is 0. The van der Waals surface area contributed by atoms with Crippen molar-refractivity contribution < 1.29 is 80.2 Å². The van der Waals surface area contributed by atoms with E-state index < -0.39 is 97.5 Å². The standard InChI is InChI=1S/C83H150O17P2/c1-5-9-13-17-21-25-29-33-36-38-41-45-49-53-57-61-65-69-82(87)99-78(73-93-80(85)67-63-59-55-51-47-43-32-28-24-20-16-12-8-4)75-97-101(89,90)95-71-77(84)72-96-102(91,92)98-76-79(74-94-81(86)68-64-60-56-52-48-44-40-35-31-27-23-19-15-11-7-3)100-83(88)70-66-62-58-54-50-46-42-39-37-34-30-26-22-18-14-10-6-2/h21,23,25,27,33,35-36,40-41,45,53,57,77-79,84H,5-20,22,24,26,28-32,34,37-39,42-44,46-52,54-56,58-76H2,1-4H3,(H,89,90)(H,91,92)/b25-21-,27-23-,36-33-,40-35-,45-41-,57-53-/t77-,78+,79+/m0/s1. The van der Waals surface area contributed by atoms with Gasteiger partial charge in [-0.15, -0.1) is 0 Å². The zero-order chi connectivity index (χ0) is 74.6. The smallest absolute Gasteiger partial charge is 0.462 e. The van der Waals surface area contributed by atoms with E-state index in [0.29, 0.717) is 32.1 Å². The number of hydrogen-bond donors (Lipinski definition) is 3. The molecule has 0 heterocycles. The van der Waals surface area contributed by atoms with E-state index in [0.717, 1.165) is 116 Å². The summed E-state index contributed by atoms with van der Waals surface area (Å²) in [6.45, 7) is 4.82. The number of phosphoric ester groups is 2. The predicted octanol–water partition coefficient (Wildman–Crippen LogP) is 24.0. The van der Waals surface area contributed by atoms with Crippen LogP contribution in [-0.4, -0.2) is 96.7 Å². The van der Waals surface area contributed by atoms with Crippen molar-refractivity contribution in [3.05, 3.63) is 72.9 Å². The average Bonchev–Trinajstić information content (AvgIpc) is 1.01.